The third-order valence-corrected chi connectivity index (χ3v) is 4.46. The number of rotatable bonds is 7. The highest BCUT2D eigenvalue weighted by Crippen LogP contribution is 2.22. The zero-order valence-electron chi connectivity index (χ0n) is 15.2. The van der Waals surface area contributed by atoms with Crippen LogP contribution in [-0.2, 0) is 11.3 Å². The van der Waals surface area contributed by atoms with Gasteiger partial charge in [-0.25, -0.2) is 4.39 Å². The number of amides is 1. The number of carbonyl (C=O) groups excluding carboxylic acids is 1. The van der Waals surface area contributed by atoms with Gasteiger partial charge in [0, 0.05) is 6.54 Å². The third-order valence-electron chi connectivity index (χ3n) is 4.46. The van der Waals surface area contributed by atoms with Crippen LogP contribution in [0.1, 0.15) is 29.7 Å². The lowest BCUT2D eigenvalue weighted by Gasteiger charge is -2.24. The Morgan fingerprint density at radius 1 is 0.852 bits per heavy atom. The normalized spacial score (nSPS) is 12.0. The minimum atomic E-state index is -0.393. The highest BCUT2D eigenvalue weighted by atomic mass is 19.1. The summed E-state index contributed by atoms with van der Waals surface area (Å²) in [6.45, 7) is 2.21. The average Bonchev–Trinajstić information content (AvgIpc) is 2.72. The van der Waals surface area contributed by atoms with Crippen molar-refractivity contribution >= 4 is 5.91 Å². The monoisotopic (exact) mass is 362 g/mol. The molecule has 1 amide bonds. The highest BCUT2D eigenvalue weighted by molar-refractivity contribution is 5.81. The van der Waals surface area contributed by atoms with Gasteiger partial charge in [0.25, 0.3) is 0 Å². The molecule has 0 aliphatic rings. The molecule has 3 rings (SSSR count). The second-order valence-corrected chi connectivity index (χ2v) is 6.49. The molecule has 0 spiro atoms. The number of nitrogens with one attached hydrogen (secondary N) is 2. The molecule has 138 valence electrons. The second-order valence-electron chi connectivity index (χ2n) is 6.49. The minimum Gasteiger partial charge on any atom is -0.351 e. The Bertz CT molecular complexity index is 811. The van der Waals surface area contributed by atoms with Gasteiger partial charge in [-0.05, 0) is 35.7 Å². The zero-order chi connectivity index (χ0) is 19.1. The Labute approximate surface area is 159 Å². The van der Waals surface area contributed by atoms with Crippen molar-refractivity contribution in [3.05, 3.63) is 107 Å². The first-order valence-electron chi connectivity index (χ1n) is 9.01. The lowest BCUT2D eigenvalue weighted by molar-refractivity contribution is -0.123. The largest absolute Gasteiger partial charge is 0.351 e. The van der Waals surface area contributed by atoms with E-state index in [-0.39, 0.29) is 17.8 Å². The first kappa shape index (κ1) is 18.8. The SMILES string of the molecule is C[C@H](NC(c1ccccc1)c1ccccc1)C(=O)NCc1ccc(F)cc1. The van der Waals surface area contributed by atoms with Crippen LogP contribution in [0.5, 0.6) is 0 Å². The molecule has 0 aliphatic heterocycles. The van der Waals surface area contributed by atoms with E-state index in [9.17, 15) is 9.18 Å². The quantitative estimate of drug-likeness (QED) is 0.661. The topological polar surface area (TPSA) is 41.1 Å². The van der Waals surface area contributed by atoms with E-state index >= 15 is 0 Å². The van der Waals surface area contributed by atoms with Crippen molar-refractivity contribution in [3.63, 3.8) is 0 Å². The van der Waals surface area contributed by atoms with Gasteiger partial charge in [-0.2, -0.15) is 0 Å². The molecule has 2 N–H and O–H groups in total. The summed E-state index contributed by atoms with van der Waals surface area (Å²) < 4.78 is 13.0. The molecule has 3 aromatic carbocycles. The third kappa shape index (κ3) is 5.25. The molecule has 0 aromatic heterocycles. The van der Waals surface area contributed by atoms with Crippen LogP contribution in [0.25, 0.3) is 0 Å². The Hall–Kier alpha value is -2.98. The van der Waals surface area contributed by atoms with E-state index in [2.05, 4.69) is 10.6 Å². The molecule has 0 aliphatic carbocycles. The van der Waals surface area contributed by atoms with Crippen LogP contribution in [0, 0.1) is 5.82 Å². The lowest BCUT2D eigenvalue weighted by Crippen LogP contribution is -2.43. The minimum absolute atomic E-state index is 0.0843. The molecule has 4 heteroatoms. The maximum Gasteiger partial charge on any atom is 0.237 e. The summed E-state index contributed by atoms with van der Waals surface area (Å²) in [4.78, 5) is 12.5. The van der Waals surface area contributed by atoms with Crippen molar-refractivity contribution in [1.82, 2.24) is 10.6 Å². The summed E-state index contributed by atoms with van der Waals surface area (Å²) in [5, 5.41) is 6.33. The molecule has 0 unspecified atom stereocenters. The first-order valence-corrected chi connectivity index (χ1v) is 9.01. The van der Waals surface area contributed by atoms with Gasteiger partial charge in [-0.1, -0.05) is 72.8 Å². The Morgan fingerprint density at radius 2 is 1.37 bits per heavy atom. The second kappa shape index (κ2) is 9.10. The standard InChI is InChI=1S/C23H23FN2O/c1-17(23(27)25-16-18-12-14-21(24)15-13-18)26-22(19-8-4-2-5-9-19)20-10-6-3-7-11-20/h2-15,17,22,26H,16H2,1H3,(H,25,27)/t17-/m0/s1. The molecule has 0 fully saturated rings. The van der Waals surface area contributed by atoms with Gasteiger partial charge in [0.05, 0.1) is 12.1 Å². The maximum atomic E-state index is 13.0. The molecule has 0 heterocycles. The van der Waals surface area contributed by atoms with E-state index in [1.54, 1.807) is 12.1 Å². The molecule has 0 saturated carbocycles. The fraction of sp³-hybridized carbons (Fsp3) is 0.174. The number of halogens is 1. The van der Waals surface area contributed by atoms with Gasteiger partial charge in [-0.15, -0.1) is 0 Å². The number of benzene rings is 3. The van der Waals surface area contributed by atoms with Crippen molar-refractivity contribution in [3.8, 4) is 0 Å². The number of carbonyl (C=O) groups is 1. The van der Waals surface area contributed by atoms with E-state index in [1.807, 2.05) is 67.6 Å². The van der Waals surface area contributed by atoms with Crippen LogP contribution in [0.4, 0.5) is 4.39 Å². The summed E-state index contributed by atoms with van der Waals surface area (Å²) in [6, 6.07) is 25.8. The Balaban J connectivity index is 1.67. The van der Waals surface area contributed by atoms with Crippen molar-refractivity contribution in [1.29, 1.82) is 0 Å². The fourth-order valence-corrected chi connectivity index (χ4v) is 2.95. The molecule has 0 bridgehead atoms. The molecule has 3 nitrogen and oxygen atoms in total. The smallest absolute Gasteiger partial charge is 0.237 e. The summed E-state index contributed by atoms with van der Waals surface area (Å²) >= 11 is 0. The van der Waals surface area contributed by atoms with Crippen LogP contribution < -0.4 is 10.6 Å². The number of hydrogen-bond acceptors (Lipinski definition) is 2. The molecular formula is C23H23FN2O. The van der Waals surface area contributed by atoms with Gasteiger partial charge >= 0.3 is 0 Å². The highest BCUT2D eigenvalue weighted by Gasteiger charge is 2.20. The fourth-order valence-electron chi connectivity index (χ4n) is 2.95. The zero-order valence-corrected chi connectivity index (χ0v) is 15.2. The van der Waals surface area contributed by atoms with Crippen molar-refractivity contribution in [2.45, 2.75) is 25.6 Å². The summed E-state index contributed by atoms with van der Waals surface area (Å²) in [5.74, 6) is -0.384. The van der Waals surface area contributed by atoms with Crippen LogP contribution in [0.3, 0.4) is 0 Å². The summed E-state index contributed by atoms with van der Waals surface area (Å²) in [5.41, 5.74) is 3.06. The maximum absolute atomic E-state index is 13.0. The molecule has 0 saturated heterocycles. The lowest BCUT2D eigenvalue weighted by atomic mass is 9.98. The van der Waals surface area contributed by atoms with Gasteiger partial charge < -0.3 is 5.32 Å². The summed E-state index contributed by atoms with van der Waals surface area (Å²) in [6.07, 6.45) is 0. The van der Waals surface area contributed by atoms with E-state index in [0.717, 1.165) is 16.7 Å². The van der Waals surface area contributed by atoms with Crippen LogP contribution in [0.2, 0.25) is 0 Å². The van der Waals surface area contributed by atoms with Gasteiger partial charge in [0.1, 0.15) is 5.82 Å². The van der Waals surface area contributed by atoms with Gasteiger partial charge in [0.15, 0.2) is 0 Å². The first-order chi connectivity index (χ1) is 13.1. The van der Waals surface area contributed by atoms with Crippen LogP contribution >= 0.6 is 0 Å². The van der Waals surface area contributed by atoms with Crippen LogP contribution in [0.15, 0.2) is 84.9 Å². The predicted octanol–water partition coefficient (Wildman–Crippen LogP) is 4.21. The van der Waals surface area contributed by atoms with Gasteiger partial charge in [0.2, 0.25) is 5.91 Å². The van der Waals surface area contributed by atoms with E-state index in [1.165, 1.54) is 12.1 Å². The molecule has 1 atom stereocenters. The molecule has 0 radical (unpaired) electrons. The summed E-state index contributed by atoms with van der Waals surface area (Å²) in [7, 11) is 0. The van der Waals surface area contributed by atoms with Crippen molar-refractivity contribution in [2.75, 3.05) is 0 Å². The predicted molar refractivity (Wildman–Crippen MR) is 106 cm³/mol. The van der Waals surface area contributed by atoms with Crippen molar-refractivity contribution < 1.29 is 9.18 Å². The molecule has 27 heavy (non-hydrogen) atoms. The Kier molecular flexibility index (Phi) is 6.34. The molecule has 3 aromatic rings. The van der Waals surface area contributed by atoms with Crippen LogP contribution in [-0.4, -0.2) is 11.9 Å². The average molecular weight is 362 g/mol. The van der Waals surface area contributed by atoms with Crippen molar-refractivity contribution in [2.24, 2.45) is 0 Å². The number of hydrogen-bond donors (Lipinski definition) is 2. The molecular weight excluding hydrogens is 339 g/mol. The van der Waals surface area contributed by atoms with Gasteiger partial charge in [-0.3, -0.25) is 10.1 Å². The van der Waals surface area contributed by atoms with E-state index < -0.39 is 6.04 Å². The van der Waals surface area contributed by atoms with E-state index in [4.69, 9.17) is 0 Å². The van der Waals surface area contributed by atoms with E-state index in [0.29, 0.717) is 6.54 Å². The Morgan fingerprint density at radius 3 is 1.89 bits per heavy atom.